The van der Waals surface area contributed by atoms with E-state index in [0.717, 1.165) is 0 Å². The Morgan fingerprint density at radius 2 is 2.20 bits per heavy atom. The molecule has 4 nitrogen and oxygen atoms in total. The van der Waals surface area contributed by atoms with E-state index in [1.54, 1.807) is 6.07 Å². The van der Waals surface area contributed by atoms with E-state index < -0.39 is 12.2 Å². The highest BCUT2D eigenvalue weighted by Gasteiger charge is 2.11. The number of hydrogen-bond donors (Lipinski definition) is 2. The van der Waals surface area contributed by atoms with Gasteiger partial charge in [-0.2, -0.15) is 0 Å². The molecule has 1 rings (SSSR count). The van der Waals surface area contributed by atoms with Gasteiger partial charge in [-0.1, -0.05) is 23.2 Å². The first-order chi connectivity index (χ1) is 6.99. The SMILES string of the molecule is NC(CC(=O)O)Oc1ccc(Cl)cc1Cl. The van der Waals surface area contributed by atoms with Gasteiger partial charge in [0.05, 0.1) is 11.4 Å². The van der Waals surface area contributed by atoms with Crippen molar-refractivity contribution in [2.45, 2.75) is 12.6 Å². The van der Waals surface area contributed by atoms with Crippen LogP contribution in [0.25, 0.3) is 0 Å². The molecule has 0 aromatic heterocycles. The predicted octanol–water partition coefficient (Wildman–Crippen LogP) is 2.13. The minimum Gasteiger partial charge on any atom is -0.481 e. The van der Waals surface area contributed by atoms with Crippen LogP contribution in [0.5, 0.6) is 5.75 Å². The molecule has 0 bridgehead atoms. The van der Waals surface area contributed by atoms with E-state index in [-0.39, 0.29) is 6.42 Å². The number of carbonyl (C=O) groups is 1. The normalized spacial score (nSPS) is 12.2. The van der Waals surface area contributed by atoms with Gasteiger partial charge in [0.25, 0.3) is 0 Å². The summed E-state index contributed by atoms with van der Waals surface area (Å²) in [5.41, 5.74) is 5.42. The fourth-order valence-electron chi connectivity index (χ4n) is 0.948. The highest BCUT2D eigenvalue weighted by molar-refractivity contribution is 6.35. The van der Waals surface area contributed by atoms with Gasteiger partial charge in [0, 0.05) is 5.02 Å². The van der Waals surface area contributed by atoms with Gasteiger partial charge in [-0.25, -0.2) is 0 Å². The minimum absolute atomic E-state index is 0.293. The highest BCUT2D eigenvalue weighted by atomic mass is 35.5. The third-order valence-corrected chi connectivity index (χ3v) is 2.08. The van der Waals surface area contributed by atoms with Crippen LogP contribution >= 0.6 is 23.2 Å². The molecule has 0 amide bonds. The van der Waals surface area contributed by atoms with E-state index in [1.165, 1.54) is 12.1 Å². The number of ether oxygens (including phenoxy) is 1. The van der Waals surface area contributed by atoms with Crippen LogP contribution in [0, 0.1) is 0 Å². The van der Waals surface area contributed by atoms with Crippen LogP contribution in [0.1, 0.15) is 6.42 Å². The zero-order valence-electron chi connectivity index (χ0n) is 7.61. The van der Waals surface area contributed by atoms with Gasteiger partial charge in [-0.05, 0) is 18.2 Å². The molecule has 0 aliphatic heterocycles. The first-order valence-corrected chi connectivity index (χ1v) is 4.83. The third-order valence-electron chi connectivity index (χ3n) is 1.55. The van der Waals surface area contributed by atoms with Crippen LogP contribution in [-0.4, -0.2) is 17.3 Å². The fraction of sp³-hybridized carbons (Fsp3) is 0.222. The van der Waals surface area contributed by atoms with Crippen molar-refractivity contribution in [1.29, 1.82) is 0 Å². The largest absolute Gasteiger partial charge is 0.481 e. The second-order valence-corrected chi connectivity index (χ2v) is 3.67. The lowest BCUT2D eigenvalue weighted by molar-refractivity contribution is -0.138. The fourth-order valence-corrected chi connectivity index (χ4v) is 1.40. The summed E-state index contributed by atoms with van der Waals surface area (Å²) in [7, 11) is 0. The smallest absolute Gasteiger partial charge is 0.308 e. The second kappa shape index (κ2) is 5.21. The van der Waals surface area contributed by atoms with Gasteiger partial charge in [0.1, 0.15) is 5.75 Å². The van der Waals surface area contributed by atoms with Gasteiger partial charge >= 0.3 is 5.97 Å². The van der Waals surface area contributed by atoms with E-state index >= 15 is 0 Å². The van der Waals surface area contributed by atoms with Gasteiger partial charge in [0.15, 0.2) is 6.23 Å². The Labute approximate surface area is 96.5 Å². The number of aliphatic carboxylic acids is 1. The Bertz CT molecular complexity index is 370. The molecule has 0 spiro atoms. The van der Waals surface area contributed by atoms with Crippen LogP contribution in [0.4, 0.5) is 0 Å². The number of rotatable bonds is 4. The molecule has 82 valence electrons. The molecule has 1 unspecified atom stereocenters. The predicted molar refractivity (Wildman–Crippen MR) is 57.3 cm³/mol. The third kappa shape index (κ3) is 3.95. The van der Waals surface area contributed by atoms with Crippen molar-refractivity contribution in [3.63, 3.8) is 0 Å². The van der Waals surface area contributed by atoms with Crippen molar-refractivity contribution in [3.8, 4) is 5.75 Å². The first-order valence-electron chi connectivity index (χ1n) is 4.08. The molecule has 1 atom stereocenters. The number of halogens is 2. The Morgan fingerprint density at radius 1 is 1.53 bits per heavy atom. The molecular formula is C9H9Cl2NO3. The maximum atomic E-state index is 10.3. The standard InChI is InChI=1S/C9H9Cl2NO3/c10-5-1-2-7(6(11)3-5)15-8(12)4-9(13)14/h1-3,8H,4,12H2,(H,13,14). The molecule has 15 heavy (non-hydrogen) atoms. The maximum absolute atomic E-state index is 10.3. The molecule has 0 radical (unpaired) electrons. The number of carboxylic acids is 1. The van der Waals surface area contributed by atoms with Crippen molar-refractivity contribution in [2.24, 2.45) is 5.73 Å². The lowest BCUT2D eigenvalue weighted by atomic mass is 10.3. The van der Waals surface area contributed by atoms with Crippen LogP contribution < -0.4 is 10.5 Å². The minimum atomic E-state index is -1.03. The van der Waals surface area contributed by atoms with E-state index in [9.17, 15) is 4.79 Å². The summed E-state index contributed by atoms with van der Waals surface area (Å²) in [4.78, 5) is 10.3. The molecule has 0 saturated heterocycles. The lowest BCUT2D eigenvalue weighted by Gasteiger charge is -2.13. The topological polar surface area (TPSA) is 72.6 Å². The summed E-state index contributed by atoms with van der Waals surface area (Å²) in [5, 5.41) is 9.23. The van der Waals surface area contributed by atoms with Crippen LogP contribution in [0.15, 0.2) is 18.2 Å². The molecule has 0 heterocycles. The second-order valence-electron chi connectivity index (χ2n) is 2.83. The Kier molecular flexibility index (Phi) is 4.20. The highest BCUT2D eigenvalue weighted by Crippen LogP contribution is 2.28. The van der Waals surface area contributed by atoms with Crippen LogP contribution in [-0.2, 0) is 4.79 Å². The monoisotopic (exact) mass is 249 g/mol. The molecule has 1 aromatic carbocycles. The van der Waals surface area contributed by atoms with Crippen molar-refractivity contribution in [2.75, 3.05) is 0 Å². The van der Waals surface area contributed by atoms with E-state index in [1.807, 2.05) is 0 Å². The summed E-state index contributed by atoms with van der Waals surface area (Å²) in [6.07, 6.45) is -1.22. The van der Waals surface area contributed by atoms with Gasteiger partial charge < -0.3 is 9.84 Å². The van der Waals surface area contributed by atoms with Gasteiger partial charge in [0.2, 0.25) is 0 Å². The Hall–Kier alpha value is -0.970. The van der Waals surface area contributed by atoms with E-state index in [2.05, 4.69) is 0 Å². The number of carboxylic acid groups (broad SMARTS) is 1. The molecule has 0 saturated carbocycles. The molecule has 0 aliphatic rings. The van der Waals surface area contributed by atoms with Crippen LogP contribution in [0.3, 0.4) is 0 Å². The average molecular weight is 250 g/mol. The van der Waals surface area contributed by atoms with Crippen molar-refractivity contribution in [3.05, 3.63) is 28.2 Å². The molecule has 6 heteroatoms. The van der Waals surface area contributed by atoms with Gasteiger partial charge in [-0.3, -0.25) is 10.5 Å². The quantitative estimate of drug-likeness (QED) is 0.803. The molecule has 0 fully saturated rings. The zero-order chi connectivity index (χ0) is 11.4. The summed E-state index contributed by atoms with van der Waals surface area (Å²) in [5.74, 6) is -0.720. The summed E-state index contributed by atoms with van der Waals surface area (Å²) in [6, 6.07) is 4.61. The lowest BCUT2D eigenvalue weighted by Crippen LogP contribution is -2.30. The van der Waals surface area contributed by atoms with Crippen molar-refractivity contribution >= 4 is 29.2 Å². The Balaban J connectivity index is 2.68. The first kappa shape index (κ1) is 12.1. The maximum Gasteiger partial charge on any atom is 0.308 e. The average Bonchev–Trinajstić information content (AvgIpc) is 2.08. The summed E-state index contributed by atoms with van der Waals surface area (Å²) >= 11 is 11.5. The summed E-state index contributed by atoms with van der Waals surface area (Å²) < 4.78 is 5.12. The van der Waals surface area contributed by atoms with Crippen molar-refractivity contribution < 1.29 is 14.6 Å². The van der Waals surface area contributed by atoms with Crippen molar-refractivity contribution in [1.82, 2.24) is 0 Å². The number of hydrogen-bond acceptors (Lipinski definition) is 3. The van der Waals surface area contributed by atoms with E-state index in [4.69, 9.17) is 38.8 Å². The number of nitrogens with two attached hydrogens (primary N) is 1. The van der Waals surface area contributed by atoms with E-state index in [0.29, 0.717) is 15.8 Å². The van der Waals surface area contributed by atoms with Crippen LogP contribution in [0.2, 0.25) is 10.0 Å². The van der Waals surface area contributed by atoms with Gasteiger partial charge in [-0.15, -0.1) is 0 Å². The number of benzene rings is 1. The molecule has 3 N–H and O–H groups in total. The molecule has 1 aromatic rings. The summed E-state index contributed by atoms with van der Waals surface area (Å²) in [6.45, 7) is 0. The molecular weight excluding hydrogens is 241 g/mol. The Morgan fingerprint density at radius 3 is 2.73 bits per heavy atom. The molecule has 0 aliphatic carbocycles. The zero-order valence-corrected chi connectivity index (χ0v) is 9.13.